The first-order valence-electron chi connectivity index (χ1n) is 7.34. The molecule has 2 aromatic carbocycles. The topological polar surface area (TPSA) is 30.7 Å². The molecule has 0 aliphatic carbocycles. The van der Waals surface area contributed by atoms with Gasteiger partial charge in [-0.15, -0.1) is 10.2 Å². The van der Waals surface area contributed by atoms with Crippen LogP contribution in [0.25, 0.3) is 11.4 Å². The minimum atomic E-state index is 0.578. The van der Waals surface area contributed by atoms with Crippen LogP contribution in [0.2, 0.25) is 10.0 Å². The lowest BCUT2D eigenvalue weighted by atomic mass is 10.2. The van der Waals surface area contributed by atoms with E-state index in [9.17, 15) is 0 Å². The Hall–Kier alpha value is -1.01. The van der Waals surface area contributed by atoms with Gasteiger partial charge in [-0.3, -0.25) is 0 Å². The molecule has 0 aliphatic heterocycles. The zero-order valence-corrected chi connectivity index (χ0v) is 16.8. The largest absolute Gasteiger partial charge is 0.302 e. The SMILES string of the molecule is CCn1c(SCc2ccc(Br)cc2)nnc1-c1ccc(Cl)cc1Cl. The number of thioether (sulfide) groups is 1. The molecule has 0 amide bonds. The minimum absolute atomic E-state index is 0.578. The Kier molecular flexibility index (Phi) is 5.87. The summed E-state index contributed by atoms with van der Waals surface area (Å²) >= 11 is 17.4. The van der Waals surface area contributed by atoms with Gasteiger partial charge < -0.3 is 4.57 Å². The normalized spacial score (nSPS) is 11.0. The van der Waals surface area contributed by atoms with Crippen molar-refractivity contribution >= 4 is 50.9 Å². The Balaban J connectivity index is 1.85. The standard InChI is InChI=1S/C17H14BrCl2N3S/c1-2-23-16(14-8-7-13(19)9-15(14)20)21-22-17(23)24-10-11-3-5-12(18)6-4-11/h3-9H,2,10H2,1H3. The number of halogens is 3. The van der Waals surface area contributed by atoms with Gasteiger partial charge in [0.25, 0.3) is 0 Å². The van der Waals surface area contributed by atoms with Gasteiger partial charge in [0.15, 0.2) is 11.0 Å². The molecule has 0 spiro atoms. The molecule has 3 aromatic rings. The maximum atomic E-state index is 6.31. The second-order valence-corrected chi connectivity index (χ2v) is 7.79. The molecule has 0 bridgehead atoms. The van der Waals surface area contributed by atoms with E-state index in [0.29, 0.717) is 10.0 Å². The summed E-state index contributed by atoms with van der Waals surface area (Å²) in [6, 6.07) is 13.7. The molecule has 0 unspecified atom stereocenters. The molecule has 1 aromatic heterocycles. The van der Waals surface area contributed by atoms with Crippen molar-refractivity contribution < 1.29 is 0 Å². The number of nitrogens with zero attached hydrogens (tertiary/aromatic N) is 3. The van der Waals surface area contributed by atoms with Crippen LogP contribution in [0.15, 0.2) is 52.1 Å². The number of hydrogen-bond donors (Lipinski definition) is 0. The monoisotopic (exact) mass is 441 g/mol. The maximum Gasteiger partial charge on any atom is 0.191 e. The van der Waals surface area contributed by atoms with E-state index in [1.807, 2.05) is 24.3 Å². The van der Waals surface area contributed by atoms with E-state index < -0.39 is 0 Å². The smallest absolute Gasteiger partial charge is 0.191 e. The van der Waals surface area contributed by atoms with Gasteiger partial charge in [-0.2, -0.15) is 0 Å². The molecule has 1 heterocycles. The Labute approximate surface area is 163 Å². The molecule has 7 heteroatoms. The fraction of sp³-hybridized carbons (Fsp3) is 0.176. The van der Waals surface area contributed by atoms with Crippen LogP contribution < -0.4 is 0 Å². The first-order chi connectivity index (χ1) is 11.6. The highest BCUT2D eigenvalue weighted by Crippen LogP contribution is 2.32. The minimum Gasteiger partial charge on any atom is -0.302 e. The van der Waals surface area contributed by atoms with Crippen molar-refractivity contribution in [1.29, 1.82) is 0 Å². The summed E-state index contributed by atoms with van der Waals surface area (Å²) < 4.78 is 3.14. The third kappa shape index (κ3) is 3.97. The van der Waals surface area contributed by atoms with Crippen LogP contribution in [0, 0.1) is 0 Å². The average Bonchev–Trinajstić information content (AvgIpc) is 2.97. The molecule has 124 valence electrons. The molecule has 0 N–H and O–H groups in total. The zero-order valence-electron chi connectivity index (χ0n) is 12.8. The second kappa shape index (κ2) is 7.91. The fourth-order valence-corrected chi connectivity index (χ4v) is 3.99. The molecule has 3 nitrogen and oxygen atoms in total. The highest BCUT2D eigenvalue weighted by atomic mass is 79.9. The Morgan fingerprint density at radius 2 is 1.83 bits per heavy atom. The number of benzene rings is 2. The fourth-order valence-electron chi connectivity index (χ4n) is 2.28. The quantitative estimate of drug-likeness (QED) is 0.432. The molecule has 0 radical (unpaired) electrons. The van der Waals surface area contributed by atoms with Crippen molar-refractivity contribution in [3.8, 4) is 11.4 Å². The van der Waals surface area contributed by atoms with Gasteiger partial charge in [0.1, 0.15) is 0 Å². The summed E-state index contributed by atoms with van der Waals surface area (Å²) in [4.78, 5) is 0. The molecule has 3 rings (SSSR count). The Bertz CT molecular complexity index is 850. The molecule has 0 aliphatic rings. The van der Waals surface area contributed by atoms with E-state index in [2.05, 4.69) is 49.8 Å². The van der Waals surface area contributed by atoms with Gasteiger partial charge in [0.2, 0.25) is 0 Å². The summed E-state index contributed by atoms with van der Waals surface area (Å²) in [5.41, 5.74) is 2.07. The number of rotatable bonds is 5. The maximum absolute atomic E-state index is 6.31. The Morgan fingerprint density at radius 1 is 1.08 bits per heavy atom. The van der Waals surface area contributed by atoms with Crippen molar-refractivity contribution in [2.75, 3.05) is 0 Å². The predicted octanol–water partition coefficient (Wildman–Crippen LogP) is 6.33. The zero-order chi connectivity index (χ0) is 17.1. The van der Waals surface area contributed by atoms with Crippen LogP contribution in [0.4, 0.5) is 0 Å². The van der Waals surface area contributed by atoms with E-state index in [4.69, 9.17) is 23.2 Å². The van der Waals surface area contributed by atoms with Gasteiger partial charge in [-0.05, 0) is 42.8 Å². The summed E-state index contributed by atoms with van der Waals surface area (Å²) in [5.74, 6) is 1.59. The lowest BCUT2D eigenvalue weighted by Crippen LogP contribution is -2.00. The lowest BCUT2D eigenvalue weighted by molar-refractivity contribution is 0.687. The van der Waals surface area contributed by atoms with Crippen molar-refractivity contribution in [2.24, 2.45) is 0 Å². The van der Waals surface area contributed by atoms with E-state index in [1.165, 1.54) is 5.56 Å². The van der Waals surface area contributed by atoms with Crippen LogP contribution in [0.3, 0.4) is 0 Å². The van der Waals surface area contributed by atoms with Crippen molar-refractivity contribution in [3.63, 3.8) is 0 Å². The molecule has 24 heavy (non-hydrogen) atoms. The molecule has 0 atom stereocenters. The molecule has 0 saturated heterocycles. The summed E-state index contributed by atoms with van der Waals surface area (Å²) in [6.45, 7) is 2.84. The van der Waals surface area contributed by atoms with Crippen LogP contribution in [0.5, 0.6) is 0 Å². The average molecular weight is 443 g/mol. The summed E-state index contributed by atoms with van der Waals surface area (Å²) in [5, 5.41) is 10.7. The number of hydrogen-bond acceptors (Lipinski definition) is 3. The predicted molar refractivity (Wildman–Crippen MR) is 105 cm³/mol. The van der Waals surface area contributed by atoms with E-state index in [-0.39, 0.29) is 0 Å². The highest BCUT2D eigenvalue weighted by molar-refractivity contribution is 9.10. The first kappa shape index (κ1) is 17.8. The molecular formula is C17H14BrCl2N3S. The van der Waals surface area contributed by atoms with Crippen LogP contribution >= 0.6 is 50.9 Å². The summed E-state index contributed by atoms with van der Waals surface area (Å²) in [6.07, 6.45) is 0. The Morgan fingerprint density at radius 3 is 2.50 bits per heavy atom. The van der Waals surface area contributed by atoms with E-state index in [1.54, 1.807) is 17.8 Å². The number of aromatic nitrogens is 3. The summed E-state index contributed by atoms with van der Waals surface area (Å²) in [7, 11) is 0. The van der Waals surface area contributed by atoms with Gasteiger partial charge in [-0.25, -0.2) is 0 Å². The van der Waals surface area contributed by atoms with E-state index in [0.717, 1.165) is 33.3 Å². The van der Waals surface area contributed by atoms with Crippen LogP contribution in [-0.4, -0.2) is 14.8 Å². The van der Waals surface area contributed by atoms with Crippen LogP contribution in [-0.2, 0) is 12.3 Å². The third-order valence-electron chi connectivity index (χ3n) is 3.49. The van der Waals surface area contributed by atoms with Crippen molar-refractivity contribution in [3.05, 3.63) is 62.5 Å². The molecule has 0 saturated carbocycles. The lowest BCUT2D eigenvalue weighted by Gasteiger charge is -2.09. The van der Waals surface area contributed by atoms with Crippen LogP contribution in [0.1, 0.15) is 12.5 Å². The highest BCUT2D eigenvalue weighted by Gasteiger charge is 2.15. The molecule has 0 fully saturated rings. The van der Waals surface area contributed by atoms with Gasteiger partial charge in [-0.1, -0.05) is 63.0 Å². The van der Waals surface area contributed by atoms with Crippen molar-refractivity contribution in [2.45, 2.75) is 24.4 Å². The first-order valence-corrected chi connectivity index (χ1v) is 9.87. The van der Waals surface area contributed by atoms with Crippen molar-refractivity contribution in [1.82, 2.24) is 14.8 Å². The van der Waals surface area contributed by atoms with Gasteiger partial charge in [0.05, 0.1) is 5.02 Å². The molecular weight excluding hydrogens is 429 g/mol. The third-order valence-corrected chi connectivity index (χ3v) is 5.60. The van der Waals surface area contributed by atoms with Gasteiger partial charge >= 0.3 is 0 Å². The van der Waals surface area contributed by atoms with E-state index >= 15 is 0 Å². The second-order valence-electron chi connectivity index (χ2n) is 5.09. The van der Waals surface area contributed by atoms with Gasteiger partial charge in [0, 0.05) is 27.4 Å².